The average molecular weight is 394 g/mol. The predicted octanol–water partition coefficient (Wildman–Crippen LogP) is 3.37. The summed E-state index contributed by atoms with van der Waals surface area (Å²) < 4.78 is 15.4. The number of nitrogens with zero attached hydrogens (tertiary/aromatic N) is 4. The van der Waals surface area contributed by atoms with Crippen molar-refractivity contribution in [3.8, 4) is 0 Å². The van der Waals surface area contributed by atoms with E-state index in [1.807, 2.05) is 4.68 Å². The molecule has 1 atom stereocenters. The Labute approximate surface area is 159 Å². The molecule has 4 rings (SSSR count). The quantitative estimate of drug-likeness (QED) is 0.785. The molecule has 0 radical (unpaired) electrons. The number of fused-ring (bicyclic) bond motifs is 1. The first-order chi connectivity index (χ1) is 12.7. The molecule has 1 aliphatic carbocycles. The van der Waals surface area contributed by atoms with Gasteiger partial charge < -0.3 is 5.32 Å². The summed E-state index contributed by atoms with van der Waals surface area (Å²) in [5.74, 6) is 0.816. The number of aromatic nitrogens is 4. The van der Waals surface area contributed by atoms with Crippen LogP contribution < -0.4 is 5.32 Å². The van der Waals surface area contributed by atoms with E-state index in [4.69, 9.17) is 0 Å². The molecule has 1 unspecified atom stereocenters. The first-order valence-electron chi connectivity index (χ1n) is 8.83. The third kappa shape index (κ3) is 3.88. The topological polar surface area (TPSA) is 72.7 Å². The van der Waals surface area contributed by atoms with Crippen LogP contribution in [0.4, 0.5) is 4.39 Å². The summed E-state index contributed by atoms with van der Waals surface area (Å²) in [4.78, 5) is 13.5. The summed E-state index contributed by atoms with van der Waals surface area (Å²) >= 11 is 3.06. The van der Waals surface area contributed by atoms with Gasteiger partial charge in [-0.25, -0.2) is 9.07 Å². The van der Waals surface area contributed by atoms with Crippen molar-refractivity contribution in [1.29, 1.82) is 0 Å². The van der Waals surface area contributed by atoms with E-state index in [1.165, 1.54) is 36.7 Å². The number of hydrogen-bond acceptors (Lipinski definition) is 6. The summed E-state index contributed by atoms with van der Waals surface area (Å²) in [5, 5.41) is 15.6. The Morgan fingerprint density at radius 1 is 1.35 bits per heavy atom. The summed E-state index contributed by atoms with van der Waals surface area (Å²) in [6.07, 6.45) is 5.38. The van der Waals surface area contributed by atoms with Crippen LogP contribution in [0.5, 0.6) is 0 Å². The molecule has 2 aliphatic rings. The summed E-state index contributed by atoms with van der Waals surface area (Å²) in [6.45, 7) is 0. The highest BCUT2D eigenvalue weighted by atomic mass is 32.2. The van der Waals surface area contributed by atoms with E-state index in [0.29, 0.717) is 11.2 Å². The van der Waals surface area contributed by atoms with Crippen molar-refractivity contribution in [2.45, 2.75) is 54.2 Å². The van der Waals surface area contributed by atoms with Gasteiger partial charge in [0.2, 0.25) is 11.1 Å². The van der Waals surface area contributed by atoms with Gasteiger partial charge in [0.05, 0.1) is 17.8 Å². The smallest absolute Gasteiger partial charge is 0.230 e. The molecule has 2 heterocycles. The molecule has 1 N–H and O–H groups in total. The first-order valence-corrected chi connectivity index (χ1v) is 10.8. The molecule has 26 heavy (non-hydrogen) atoms. The Bertz CT molecular complexity index is 793. The molecule has 0 bridgehead atoms. The van der Waals surface area contributed by atoms with Crippen molar-refractivity contribution in [2.24, 2.45) is 0 Å². The van der Waals surface area contributed by atoms with Crippen LogP contribution in [0.25, 0.3) is 0 Å². The van der Waals surface area contributed by atoms with Gasteiger partial charge in [-0.3, -0.25) is 4.79 Å². The molecule has 0 saturated heterocycles. The highest BCUT2D eigenvalue weighted by molar-refractivity contribution is 7.99. The lowest BCUT2D eigenvalue weighted by Crippen LogP contribution is -2.32. The fourth-order valence-corrected chi connectivity index (χ4v) is 5.40. The molecular weight excluding hydrogens is 373 g/mol. The van der Waals surface area contributed by atoms with Gasteiger partial charge in [0.25, 0.3) is 0 Å². The fraction of sp³-hybridized carbons (Fsp3) is 0.529. The summed E-state index contributed by atoms with van der Waals surface area (Å²) in [6, 6.07) is 4.99. The molecular formula is C17H20FN5OS2. The van der Waals surface area contributed by atoms with Gasteiger partial charge in [-0.05, 0) is 53.5 Å². The molecule has 1 aliphatic heterocycles. The number of rotatable bonds is 5. The van der Waals surface area contributed by atoms with Gasteiger partial charge in [-0.1, -0.05) is 24.6 Å². The third-order valence-corrected chi connectivity index (χ3v) is 6.87. The van der Waals surface area contributed by atoms with Crippen molar-refractivity contribution >= 4 is 29.4 Å². The van der Waals surface area contributed by atoms with Crippen LogP contribution in [-0.2, 0) is 4.79 Å². The Morgan fingerprint density at radius 3 is 3.04 bits per heavy atom. The van der Waals surface area contributed by atoms with Gasteiger partial charge in [0, 0.05) is 10.6 Å². The Balaban J connectivity index is 1.37. The lowest BCUT2D eigenvalue weighted by Gasteiger charge is -2.26. The number of benzene rings is 1. The molecule has 1 aromatic carbocycles. The van der Waals surface area contributed by atoms with Gasteiger partial charge in [-0.15, -0.1) is 16.9 Å². The molecule has 138 valence electrons. The number of amides is 1. The van der Waals surface area contributed by atoms with Crippen LogP contribution in [0.3, 0.4) is 0 Å². The van der Waals surface area contributed by atoms with Crippen molar-refractivity contribution in [1.82, 2.24) is 25.5 Å². The fourth-order valence-electron chi connectivity index (χ4n) is 3.54. The van der Waals surface area contributed by atoms with E-state index < -0.39 is 0 Å². The van der Waals surface area contributed by atoms with Gasteiger partial charge >= 0.3 is 0 Å². The van der Waals surface area contributed by atoms with Gasteiger partial charge in [0.15, 0.2) is 0 Å². The van der Waals surface area contributed by atoms with Crippen molar-refractivity contribution < 1.29 is 9.18 Å². The van der Waals surface area contributed by atoms with E-state index in [1.54, 1.807) is 17.8 Å². The number of tetrazole rings is 1. The Kier molecular flexibility index (Phi) is 5.44. The molecule has 6 nitrogen and oxygen atoms in total. The Hall–Kier alpha value is -1.61. The molecule has 9 heteroatoms. The van der Waals surface area contributed by atoms with Gasteiger partial charge in [-0.2, -0.15) is 0 Å². The van der Waals surface area contributed by atoms with E-state index in [9.17, 15) is 9.18 Å². The second-order valence-corrected chi connectivity index (χ2v) is 8.65. The standard InChI is InChI=1S/C17H20FN5OS2/c18-11-5-6-15-13(9-11)14(7-8-25-15)19-16(24)10-26-17-20-21-22-23(17)12-3-1-2-4-12/h5-6,9,12,14H,1-4,7-8,10H2,(H,19,24). The summed E-state index contributed by atoms with van der Waals surface area (Å²) in [7, 11) is 0. The number of carbonyl (C=O) groups excluding carboxylic acids is 1. The van der Waals surface area contributed by atoms with E-state index >= 15 is 0 Å². The van der Waals surface area contributed by atoms with E-state index in [0.717, 1.165) is 35.5 Å². The SMILES string of the molecule is O=C(CSc1nnnn1C1CCCC1)NC1CCSc2ccc(F)cc21. The largest absolute Gasteiger partial charge is 0.348 e. The van der Waals surface area contributed by atoms with Crippen LogP contribution in [0.2, 0.25) is 0 Å². The average Bonchev–Trinajstić information content (AvgIpc) is 3.31. The maximum absolute atomic E-state index is 13.6. The maximum atomic E-state index is 13.6. The Morgan fingerprint density at radius 2 is 2.19 bits per heavy atom. The number of nitrogens with one attached hydrogen (secondary N) is 1. The monoisotopic (exact) mass is 393 g/mol. The molecule has 1 saturated carbocycles. The minimum absolute atomic E-state index is 0.0805. The van der Waals surface area contributed by atoms with Crippen LogP contribution in [-0.4, -0.2) is 37.6 Å². The number of carbonyl (C=O) groups is 1. The minimum Gasteiger partial charge on any atom is -0.348 e. The van der Waals surface area contributed by atoms with E-state index in [-0.39, 0.29) is 23.5 Å². The van der Waals surface area contributed by atoms with Crippen molar-refractivity contribution in [2.75, 3.05) is 11.5 Å². The number of thioether (sulfide) groups is 2. The van der Waals surface area contributed by atoms with Crippen LogP contribution in [0.1, 0.15) is 49.8 Å². The zero-order valence-corrected chi connectivity index (χ0v) is 15.9. The summed E-state index contributed by atoms with van der Waals surface area (Å²) in [5.41, 5.74) is 0.871. The third-order valence-electron chi connectivity index (χ3n) is 4.81. The lowest BCUT2D eigenvalue weighted by molar-refractivity contribution is -0.119. The second kappa shape index (κ2) is 7.96. The molecule has 0 spiro atoms. The number of hydrogen-bond donors (Lipinski definition) is 1. The predicted molar refractivity (Wildman–Crippen MR) is 98.7 cm³/mol. The van der Waals surface area contributed by atoms with Gasteiger partial charge in [0.1, 0.15) is 5.82 Å². The van der Waals surface area contributed by atoms with Crippen LogP contribution >= 0.6 is 23.5 Å². The van der Waals surface area contributed by atoms with E-state index in [2.05, 4.69) is 20.8 Å². The highest BCUT2D eigenvalue weighted by Gasteiger charge is 2.25. The molecule has 1 aromatic heterocycles. The highest BCUT2D eigenvalue weighted by Crippen LogP contribution is 2.36. The normalized spacial score (nSPS) is 20.1. The molecule has 1 amide bonds. The van der Waals surface area contributed by atoms with Crippen molar-refractivity contribution in [3.05, 3.63) is 29.6 Å². The molecule has 2 aromatic rings. The van der Waals surface area contributed by atoms with Crippen LogP contribution in [0, 0.1) is 5.82 Å². The first kappa shape index (κ1) is 17.8. The zero-order chi connectivity index (χ0) is 17.9. The number of halogens is 1. The van der Waals surface area contributed by atoms with Crippen LogP contribution in [0.15, 0.2) is 28.3 Å². The zero-order valence-electron chi connectivity index (χ0n) is 14.2. The lowest BCUT2D eigenvalue weighted by atomic mass is 10.0. The maximum Gasteiger partial charge on any atom is 0.230 e. The second-order valence-electron chi connectivity index (χ2n) is 6.57. The minimum atomic E-state index is -0.268. The van der Waals surface area contributed by atoms with Crippen molar-refractivity contribution in [3.63, 3.8) is 0 Å². The molecule has 1 fully saturated rings.